The lowest BCUT2D eigenvalue weighted by molar-refractivity contribution is -0.136. The summed E-state index contributed by atoms with van der Waals surface area (Å²) in [6, 6.07) is 3.71. The van der Waals surface area contributed by atoms with Crippen molar-refractivity contribution in [3.63, 3.8) is 0 Å². The largest absolute Gasteiger partial charge is 0.378 e. The van der Waals surface area contributed by atoms with Gasteiger partial charge in [0.15, 0.2) is 9.84 Å². The first-order chi connectivity index (χ1) is 17.3. The minimum Gasteiger partial charge on any atom is -0.378 e. The maximum Gasteiger partial charge on any atom is 0.255 e. The number of nitrogens with two attached hydrogens (primary N) is 1. The number of imide groups is 1. The molecule has 1 aromatic carbocycles. The number of fused-ring (bicyclic) bond motifs is 1. The van der Waals surface area contributed by atoms with Crippen molar-refractivity contribution < 1.29 is 41.7 Å². The molecule has 2 aliphatic rings. The average Bonchev–Trinajstić information content (AvgIpc) is 3.18. The number of carbonyl (C=O) groups excluding carboxylic acids is 3. The Bertz CT molecular complexity index is 1030. The fraction of sp³-hybridized carbons (Fsp3) is 0.609. The van der Waals surface area contributed by atoms with Gasteiger partial charge in [0.05, 0.1) is 63.5 Å². The number of amides is 3. The van der Waals surface area contributed by atoms with Gasteiger partial charge in [-0.3, -0.25) is 19.7 Å². The van der Waals surface area contributed by atoms with Gasteiger partial charge in [-0.15, -0.1) is 0 Å². The molecule has 3 amide bonds. The predicted octanol–water partition coefficient (Wildman–Crippen LogP) is -0.754. The molecule has 0 aromatic heterocycles. The van der Waals surface area contributed by atoms with Crippen molar-refractivity contribution in [1.82, 2.24) is 10.2 Å². The third kappa shape index (κ3) is 7.54. The van der Waals surface area contributed by atoms with Crippen LogP contribution >= 0.6 is 0 Å². The summed E-state index contributed by atoms with van der Waals surface area (Å²) >= 11 is 0. The van der Waals surface area contributed by atoms with Gasteiger partial charge in [0.2, 0.25) is 11.8 Å². The second-order valence-electron chi connectivity index (χ2n) is 8.24. The fourth-order valence-electron chi connectivity index (χ4n) is 3.97. The number of hydrogen-bond acceptors (Lipinski definition) is 10. The van der Waals surface area contributed by atoms with Crippen LogP contribution in [0.3, 0.4) is 0 Å². The number of carbonyl (C=O) groups is 3. The number of benzene rings is 1. The Hall–Kier alpha value is -2.42. The lowest BCUT2D eigenvalue weighted by Gasteiger charge is -2.29. The Kier molecular flexibility index (Phi) is 10.8. The van der Waals surface area contributed by atoms with Crippen molar-refractivity contribution in [3.8, 4) is 0 Å². The van der Waals surface area contributed by atoms with Crippen LogP contribution in [0.25, 0.3) is 0 Å². The van der Waals surface area contributed by atoms with Gasteiger partial charge >= 0.3 is 0 Å². The molecule has 1 atom stereocenters. The predicted molar refractivity (Wildman–Crippen MR) is 127 cm³/mol. The Morgan fingerprint density at radius 3 is 2.14 bits per heavy atom. The standard InChI is InChI=1S/C23H33N3O9S/c24-6-7-32-8-9-33-10-11-34-12-13-35-14-15-36(30,31)20-3-1-2-17-18(20)16-26(23(17)29)19-4-5-21(27)25-22(19)28/h1-3,19H,4-16,24H2,(H,25,27,28). The van der Waals surface area contributed by atoms with Crippen molar-refractivity contribution in [2.24, 2.45) is 5.73 Å². The van der Waals surface area contributed by atoms with Crippen LogP contribution in [-0.4, -0.2) is 102 Å². The topological polar surface area (TPSA) is 164 Å². The molecule has 1 unspecified atom stereocenters. The molecule has 3 rings (SSSR count). The summed E-state index contributed by atoms with van der Waals surface area (Å²) in [7, 11) is -3.74. The van der Waals surface area contributed by atoms with Gasteiger partial charge in [-0.2, -0.15) is 0 Å². The number of nitrogens with one attached hydrogen (secondary N) is 1. The highest BCUT2D eigenvalue weighted by Crippen LogP contribution is 2.32. The summed E-state index contributed by atoms with van der Waals surface area (Å²) in [5.41, 5.74) is 5.93. The molecule has 200 valence electrons. The molecule has 3 N–H and O–H groups in total. The number of hydrogen-bond donors (Lipinski definition) is 2. The van der Waals surface area contributed by atoms with Crippen LogP contribution in [0.2, 0.25) is 0 Å². The van der Waals surface area contributed by atoms with Crippen molar-refractivity contribution in [1.29, 1.82) is 0 Å². The van der Waals surface area contributed by atoms with Crippen LogP contribution < -0.4 is 11.1 Å². The smallest absolute Gasteiger partial charge is 0.255 e. The Balaban J connectivity index is 1.41. The molecule has 0 spiro atoms. The van der Waals surface area contributed by atoms with E-state index in [2.05, 4.69) is 5.32 Å². The van der Waals surface area contributed by atoms with Crippen LogP contribution in [0.15, 0.2) is 23.1 Å². The molecule has 12 nitrogen and oxygen atoms in total. The van der Waals surface area contributed by atoms with E-state index in [1.165, 1.54) is 17.0 Å². The molecule has 13 heteroatoms. The summed E-state index contributed by atoms with van der Waals surface area (Å²) in [5, 5.41) is 2.23. The van der Waals surface area contributed by atoms with Gasteiger partial charge in [0.1, 0.15) is 6.04 Å². The summed E-state index contributed by atoms with van der Waals surface area (Å²) in [5.74, 6) is -1.61. The molecule has 1 aromatic rings. The van der Waals surface area contributed by atoms with E-state index >= 15 is 0 Å². The maximum absolute atomic E-state index is 13.0. The highest BCUT2D eigenvalue weighted by atomic mass is 32.2. The van der Waals surface area contributed by atoms with E-state index in [4.69, 9.17) is 24.7 Å². The molecule has 2 heterocycles. The number of rotatable bonds is 16. The van der Waals surface area contributed by atoms with Gasteiger partial charge in [0, 0.05) is 30.6 Å². The maximum atomic E-state index is 13.0. The molecule has 0 aliphatic carbocycles. The normalized spacial score (nSPS) is 18.0. The average molecular weight is 528 g/mol. The zero-order valence-electron chi connectivity index (χ0n) is 20.1. The van der Waals surface area contributed by atoms with E-state index < -0.39 is 27.7 Å². The van der Waals surface area contributed by atoms with Crippen molar-refractivity contribution in [2.45, 2.75) is 30.3 Å². The first kappa shape index (κ1) is 28.2. The van der Waals surface area contributed by atoms with Gasteiger partial charge in [-0.25, -0.2) is 8.42 Å². The summed E-state index contributed by atoms with van der Waals surface area (Å²) in [6.07, 6.45) is 0.331. The van der Waals surface area contributed by atoms with Crippen molar-refractivity contribution in [2.75, 3.05) is 65.2 Å². The summed E-state index contributed by atoms with van der Waals surface area (Å²) in [4.78, 5) is 37.9. The summed E-state index contributed by atoms with van der Waals surface area (Å²) < 4.78 is 47.3. The van der Waals surface area contributed by atoms with Crippen LogP contribution in [0.4, 0.5) is 0 Å². The quantitative estimate of drug-likeness (QED) is 0.206. The highest BCUT2D eigenvalue weighted by molar-refractivity contribution is 7.91. The summed E-state index contributed by atoms with van der Waals surface area (Å²) in [6.45, 7) is 3.17. The zero-order chi connectivity index (χ0) is 26.0. The van der Waals surface area contributed by atoms with E-state index in [-0.39, 0.29) is 54.7 Å². The van der Waals surface area contributed by atoms with Crippen LogP contribution in [0, 0.1) is 0 Å². The zero-order valence-corrected chi connectivity index (χ0v) is 20.9. The number of nitrogens with zero attached hydrogens (tertiary/aromatic N) is 1. The van der Waals surface area contributed by atoms with E-state index in [0.717, 1.165) is 0 Å². The van der Waals surface area contributed by atoms with Gasteiger partial charge in [0.25, 0.3) is 5.91 Å². The van der Waals surface area contributed by atoms with Gasteiger partial charge < -0.3 is 29.6 Å². The molecule has 1 fully saturated rings. The monoisotopic (exact) mass is 527 g/mol. The second kappa shape index (κ2) is 13.8. The van der Waals surface area contributed by atoms with E-state index in [0.29, 0.717) is 51.7 Å². The molecule has 2 aliphatic heterocycles. The molecule has 1 saturated heterocycles. The second-order valence-corrected chi connectivity index (χ2v) is 10.3. The molecule has 0 bridgehead atoms. The van der Waals surface area contributed by atoms with Gasteiger partial charge in [-0.05, 0) is 18.6 Å². The minimum absolute atomic E-state index is 0.00817. The molecule has 0 saturated carbocycles. The first-order valence-electron chi connectivity index (χ1n) is 11.9. The van der Waals surface area contributed by atoms with E-state index in [9.17, 15) is 22.8 Å². The first-order valence-corrected chi connectivity index (χ1v) is 13.5. The Morgan fingerprint density at radius 1 is 0.917 bits per heavy atom. The number of sulfone groups is 1. The SMILES string of the molecule is NCCOCCOCCOCCOCCS(=O)(=O)c1cccc2c1CN(C1CCC(=O)NC1=O)C2=O. The molecule has 0 radical (unpaired) electrons. The van der Waals surface area contributed by atoms with Crippen molar-refractivity contribution >= 4 is 27.6 Å². The number of piperidine rings is 1. The van der Waals surface area contributed by atoms with Crippen LogP contribution in [-0.2, 0) is 44.9 Å². The van der Waals surface area contributed by atoms with Crippen LogP contribution in [0.5, 0.6) is 0 Å². The van der Waals surface area contributed by atoms with E-state index in [1.807, 2.05) is 0 Å². The highest BCUT2D eigenvalue weighted by Gasteiger charge is 2.40. The van der Waals surface area contributed by atoms with Crippen LogP contribution in [0.1, 0.15) is 28.8 Å². The third-order valence-electron chi connectivity index (χ3n) is 5.75. The van der Waals surface area contributed by atoms with E-state index in [1.54, 1.807) is 6.07 Å². The third-order valence-corrected chi connectivity index (χ3v) is 7.51. The minimum atomic E-state index is -3.74. The number of ether oxygens (including phenoxy) is 4. The fourth-order valence-corrected chi connectivity index (χ4v) is 5.37. The lowest BCUT2D eigenvalue weighted by Crippen LogP contribution is -2.52. The molecular weight excluding hydrogens is 494 g/mol. The molecule has 36 heavy (non-hydrogen) atoms. The Labute approximate surface area is 210 Å². The van der Waals surface area contributed by atoms with Gasteiger partial charge in [-0.1, -0.05) is 6.07 Å². The van der Waals surface area contributed by atoms with Crippen molar-refractivity contribution in [3.05, 3.63) is 29.3 Å². The lowest BCUT2D eigenvalue weighted by atomic mass is 10.0. The molecular formula is C23H33N3O9S. The Morgan fingerprint density at radius 2 is 1.53 bits per heavy atom.